The SMILES string of the molecule is CCCCNC(=O)[C@H]1CN(S(=O)(=O)c2ccccc2)C[C@H]1c1ccc(OC)cc1OC. The summed E-state index contributed by atoms with van der Waals surface area (Å²) in [6.45, 7) is 2.95. The fraction of sp³-hybridized carbons (Fsp3) is 0.435. The normalized spacial score (nSPS) is 19.2. The molecule has 1 aliphatic rings. The Morgan fingerprint density at radius 3 is 2.48 bits per heavy atom. The van der Waals surface area contributed by atoms with Crippen LogP contribution in [0.5, 0.6) is 11.5 Å². The predicted molar refractivity (Wildman–Crippen MR) is 119 cm³/mol. The Kier molecular flexibility index (Phi) is 7.56. The largest absolute Gasteiger partial charge is 0.497 e. The maximum absolute atomic E-state index is 13.2. The van der Waals surface area contributed by atoms with Crippen molar-refractivity contribution >= 4 is 15.9 Å². The minimum atomic E-state index is -3.72. The van der Waals surface area contributed by atoms with E-state index in [1.165, 1.54) is 4.31 Å². The van der Waals surface area contributed by atoms with Gasteiger partial charge in [-0.2, -0.15) is 4.31 Å². The zero-order chi connectivity index (χ0) is 22.4. The summed E-state index contributed by atoms with van der Waals surface area (Å²) in [5.74, 6) is 0.228. The Balaban J connectivity index is 1.96. The van der Waals surface area contributed by atoms with Gasteiger partial charge < -0.3 is 14.8 Å². The molecule has 0 aliphatic carbocycles. The number of benzene rings is 2. The summed E-state index contributed by atoms with van der Waals surface area (Å²) in [4.78, 5) is 13.3. The van der Waals surface area contributed by atoms with Gasteiger partial charge in [0.2, 0.25) is 15.9 Å². The molecular formula is C23H30N2O5S. The van der Waals surface area contributed by atoms with Crippen LogP contribution in [0.4, 0.5) is 0 Å². The first-order valence-corrected chi connectivity index (χ1v) is 11.9. The molecule has 2 aromatic carbocycles. The number of rotatable bonds is 9. The zero-order valence-corrected chi connectivity index (χ0v) is 19.0. The van der Waals surface area contributed by atoms with Crippen LogP contribution in [0.2, 0.25) is 0 Å². The lowest BCUT2D eigenvalue weighted by molar-refractivity contribution is -0.124. The summed E-state index contributed by atoms with van der Waals surface area (Å²) >= 11 is 0. The maximum atomic E-state index is 13.2. The third kappa shape index (κ3) is 5.02. The van der Waals surface area contributed by atoms with Crippen LogP contribution in [-0.2, 0) is 14.8 Å². The smallest absolute Gasteiger partial charge is 0.243 e. The molecule has 0 radical (unpaired) electrons. The number of nitrogens with zero attached hydrogens (tertiary/aromatic N) is 1. The number of sulfonamides is 1. The van der Waals surface area contributed by atoms with E-state index >= 15 is 0 Å². The molecule has 1 aliphatic heterocycles. The van der Waals surface area contributed by atoms with Gasteiger partial charge >= 0.3 is 0 Å². The number of hydrogen-bond donors (Lipinski definition) is 1. The molecule has 3 rings (SSSR count). The third-order valence-electron chi connectivity index (χ3n) is 5.67. The molecule has 168 valence electrons. The van der Waals surface area contributed by atoms with Crippen LogP contribution in [0.15, 0.2) is 53.4 Å². The van der Waals surface area contributed by atoms with Gasteiger partial charge in [0.1, 0.15) is 11.5 Å². The van der Waals surface area contributed by atoms with Crippen LogP contribution < -0.4 is 14.8 Å². The van der Waals surface area contributed by atoms with E-state index in [9.17, 15) is 13.2 Å². The van der Waals surface area contributed by atoms with Crippen LogP contribution in [0.25, 0.3) is 0 Å². The van der Waals surface area contributed by atoms with E-state index in [2.05, 4.69) is 12.2 Å². The van der Waals surface area contributed by atoms with Gasteiger partial charge in [-0.25, -0.2) is 8.42 Å². The Labute approximate surface area is 184 Å². The second kappa shape index (κ2) is 10.2. The molecule has 2 aromatic rings. The van der Waals surface area contributed by atoms with Crippen molar-refractivity contribution < 1.29 is 22.7 Å². The molecule has 7 nitrogen and oxygen atoms in total. The molecular weight excluding hydrogens is 416 g/mol. The standard InChI is InChI=1S/C23H30N2O5S/c1-4-5-13-24-23(26)21-16-25(31(27,28)18-9-7-6-8-10-18)15-20(21)19-12-11-17(29-2)14-22(19)30-3/h6-12,14,20-21H,4-5,13,15-16H2,1-3H3,(H,24,26)/t20-,21-/m0/s1. The molecule has 1 saturated heterocycles. The van der Waals surface area contributed by atoms with Crippen molar-refractivity contribution in [2.75, 3.05) is 33.9 Å². The van der Waals surface area contributed by atoms with E-state index in [4.69, 9.17) is 9.47 Å². The van der Waals surface area contributed by atoms with Crippen molar-refractivity contribution in [3.63, 3.8) is 0 Å². The first-order chi connectivity index (χ1) is 14.9. The van der Waals surface area contributed by atoms with E-state index < -0.39 is 15.9 Å². The first kappa shape index (κ1) is 23.1. The second-order valence-corrected chi connectivity index (χ2v) is 9.54. The highest BCUT2D eigenvalue weighted by Crippen LogP contribution is 2.41. The molecule has 0 spiro atoms. The lowest BCUT2D eigenvalue weighted by Crippen LogP contribution is -2.36. The highest BCUT2D eigenvalue weighted by molar-refractivity contribution is 7.89. The van der Waals surface area contributed by atoms with Crippen LogP contribution in [0.3, 0.4) is 0 Å². The summed E-state index contributed by atoms with van der Waals surface area (Å²) in [6, 6.07) is 13.7. The summed E-state index contributed by atoms with van der Waals surface area (Å²) in [7, 11) is -0.587. The molecule has 0 saturated carbocycles. The number of methoxy groups -OCH3 is 2. The molecule has 1 heterocycles. The molecule has 1 amide bonds. The van der Waals surface area contributed by atoms with Crippen LogP contribution in [-0.4, -0.2) is 52.5 Å². The Morgan fingerprint density at radius 1 is 1.10 bits per heavy atom. The van der Waals surface area contributed by atoms with Gasteiger partial charge in [-0.15, -0.1) is 0 Å². The van der Waals surface area contributed by atoms with Crippen LogP contribution in [0.1, 0.15) is 31.2 Å². The third-order valence-corrected chi connectivity index (χ3v) is 7.52. The summed E-state index contributed by atoms with van der Waals surface area (Å²) in [6.07, 6.45) is 1.84. The van der Waals surface area contributed by atoms with Crippen molar-refractivity contribution in [1.82, 2.24) is 9.62 Å². The minimum absolute atomic E-state index is 0.120. The number of ether oxygens (including phenoxy) is 2. The Hall–Kier alpha value is -2.58. The molecule has 8 heteroatoms. The number of carbonyl (C=O) groups is 1. The molecule has 0 aromatic heterocycles. The predicted octanol–water partition coefficient (Wildman–Crippen LogP) is 3.02. The highest BCUT2D eigenvalue weighted by Gasteiger charge is 2.44. The van der Waals surface area contributed by atoms with Gasteiger partial charge in [0, 0.05) is 31.6 Å². The van der Waals surface area contributed by atoms with Gasteiger partial charge in [-0.3, -0.25) is 4.79 Å². The van der Waals surface area contributed by atoms with Gasteiger partial charge in [0.25, 0.3) is 0 Å². The average molecular weight is 447 g/mol. The molecule has 31 heavy (non-hydrogen) atoms. The number of nitrogens with one attached hydrogen (secondary N) is 1. The summed E-state index contributed by atoms with van der Waals surface area (Å²) < 4.78 is 38.7. The minimum Gasteiger partial charge on any atom is -0.497 e. The maximum Gasteiger partial charge on any atom is 0.243 e. The number of unbranched alkanes of at least 4 members (excludes halogenated alkanes) is 1. The zero-order valence-electron chi connectivity index (χ0n) is 18.2. The van der Waals surface area contributed by atoms with Crippen molar-refractivity contribution in [3.8, 4) is 11.5 Å². The van der Waals surface area contributed by atoms with Crippen molar-refractivity contribution in [1.29, 1.82) is 0 Å². The van der Waals surface area contributed by atoms with Crippen molar-refractivity contribution in [2.45, 2.75) is 30.6 Å². The molecule has 1 N–H and O–H groups in total. The van der Waals surface area contributed by atoms with Gasteiger partial charge in [-0.1, -0.05) is 37.6 Å². The molecule has 0 unspecified atom stereocenters. The fourth-order valence-electron chi connectivity index (χ4n) is 3.93. The lowest BCUT2D eigenvalue weighted by Gasteiger charge is -2.21. The van der Waals surface area contributed by atoms with E-state index in [1.54, 1.807) is 56.7 Å². The topological polar surface area (TPSA) is 84.9 Å². The second-order valence-electron chi connectivity index (χ2n) is 7.60. The average Bonchev–Trinajstić information content (AvgIpc) is 3.25. The lowest BCUT2D eigenvalue weighted by atomic mass is 9.87. The Morgan fingerprint density at radius 2 is 1.84 bits per heavy atom. The van der Waals surface area contributed by atoms with Gasteiger partial charge in [-0.05, 0) is 30.2 Å². The monoisotopic (exact) mass is 446 g/mol. The highest BCUT2D eigenvalue weighted by atomic mass is 32.2. The van der Waals surface area contributed by atoms with Crippen molar-refractivity contribution in [3.05, 3.63) is 54.1 Å². The van der Waals surface area contributed by atoms with E-state index in [0.717, 1.165) is 18.4 Å². The van der Waals surface area contributed by atoms with Gasteiger partial charge in [0.15, 0.2) is 0 Å². The number of hydrogen-bond acceptors (Lipinski definition) is 5. The van der Waals surface area contributed by atoms with Crippen LogP contribution in [0, 0.1) is 5.92 Å². The number of amides is 1. The molecule has 2 atom stereocenters. The van der Waals surface area contributed by atoms with E-state index in [0.29, 0.717) is 18.0 Å². The quantitative estimate of drug-likeness (QED) is 0.599. The fourth-order valence-corrected chi connectivity index (χ4v) is 5.44. The van der Waals surface area contributed by atoms with Crippen molar-refractivity contribution in [2.24, 2.45) is 5.92 Å². The van der Waals surface area contributed by atoms with Crippen LogP contribution >= 0.6 is 0 Å². The first-order valence-electron chi connectivity index (χ1n) is 10.5. The number of carbonyl (C=O) groups excluding carboxylic acids is 1. The summed E-state index contributed by atoms with van der Waals surface area (Å²) in [5.41, 5.74) is 0.796. The summed E-state index contributed by atoms with van der Waals surface area (Å²) in [5, 5.41) is 2.97. The van der Waals surface area contributed by atoms with E-state index in [-0.39, 0.29) is 29.8 Å². The molecule has 1 fully saturated rings. The Bertz CT molecular complexity index is 994. The van der Waals surface area contributed by atoms with E-state index in [1.807, 2.05) is 6.07 Å². The van der Waals surface area contributed by atoms with Gasteiger partial charge in [0.05, 0.1) is 25.0 Å². The molecule has 0 bridgehead atoms.